The molecule has 0 spiro atoms. The van der Waals surface area contributed by atoms with Gasteiger partial charge in [0.05, 0.1) is 5.92 Å². The summed E-state index contributed by atoms with van der Waals surface area (Å²) in [6.45, 7) is 5.91. The van der Waals surface area contributed by atoms with Gasteiger partial charge in [-0.15, -0.1) is 0 Å². The summed E-state index contributed by atoms with van der Waals surface area (Å²) in [7, 11) is 0. The van der Waals surface area contributed by atoms with Crippen molar-refractivity contribution in [3.63, 3.8) is 0 Å². The number of aliphatic hydroxyl groups is 1. The Morgan fingerprint density at radius 3 is 2.37 bits per heavy atom. The van der Waals surface area contributed by atoms with Crippen LogP contribution in [0.4, 0.5) is 13.2 Å². The molecule has 1 saturated carbocycles. The monoisotopic (exact) mass is 402 g/mol. The Bertz CT molecular complexity index is 771. The number of hydrogen-bond acceptors (Lipinski definition) is 3. The largest absolute Gasteiger partial charge is 0.439 e. The number of halogens is 4. The lowest BCUT2D eigenvalue weighted by molar-refractivity contribution is -0.314. The van der Waals surface area contributed by atoms with E-state index >= 15 is 0 Å². The Morgan fingerprint density at radius 2 is 1.85 bits per heavy atom. The zero-order valence-corrected chi connectivity index (χ0v) is 16.1. The van der Waals surface area contributed by atoms with E-state index in [4.69, 9.17) is 11.6 Å². The molecule has 1 aromatic rings. The number of rotatable bonds is 1. The number of fused-ring (bicyclic) bond motifs is 1. The van der Waals surface area contributed by atoms with Gasteiger partial charge < -0.3 is 5.11 Å². The SMILES string of the molecule is CC(C)(C)[C@@H]1CCC2=NN(C(=O)c3ccc(Cl)cc3)[C@](O)(C(F)(F)F)[C@@H]2C1. The third kappa shape index (κ3) is 3.36. The van der Waals surface area contributed by atoms with Crippen molar-refractivity contribution < 1.29 is 23.1 Å². The molecular formula is C19H22ClF3N2O2. The molecule has 1 fully saturated rings. The van der Waals surface area contributed by atoms with Gasteiger partial charge in [-0.1, -0.05) is 32.4 Å². The molecule has 148 valence electrons. The number of alkyl halides is 3. The van der Waals surface area contributed by atoms with Gasteiger partial charge in [0, 0.05) is 16.3 Å². The molecule has 8 heteroatoms. The first-order valence-corrected chi connectivity index (χ1v) is 9.20. The van der Waals surface area contributed by atoms with Gasteiger partial charge in [0.1, 0.15) is 0 Å². The molecule has 0 aromatic heterocycles. The molecule has 27 heavy (non-hydrogen) atoms. The lowest BCUT2D eigenvalue weighted by atomic mass is 9.66. The van der Waals surface area contributed by atoms with Crippen LogP contribution in [0.2, 0.25) is 5.02 Å². The highest BCUT2D eigenvalue weighted by Crippen LogP contribution is 2.52. The number of benzene rings is 1. The number of carbonyl (C=O) groups excluding carboxylic acids is 1. The van der Waals surface area contributed by atoms with Crippen LogP contribution in [-0.4, -0.2) is 33.6 Å². The molecule has 0 saturated heterocycles. The van der Waals surface area contributed by atoms with Gasteiger partial charge in [0.25, 0.3) is 11.6 Å². The Hall–Kier alpha value is -1.60. The van der Waals surface area contributed by atoms with E-state index in [1.54, 1.807) is 0 Å². The predicted octanol–water partition coefficient (Wildman–Crippen LogP) is 4.87. The summed E-state index contributed by atoms with van der Waals surface area (Å²) < 4.78 is 42.0. The standard InChI is InChI=1S/C19H22ClF3N2O2/c1-17(2,3)12-6-9-15-14(10-12)18(27,19(21,22)23)25(24-15)16(26)11-4-7-13(20)8-5-11/h4-5,7-8,12,14,27H,6,9-10H2,1-3H3/t12-,14-,18-/m1/s1. The molecule has 1 aliphatic carbocycles. The van der Waals surface area contributed by atoms with Crippen molar-refractivity contribution in [3.8, 4) is 0 Å². The third-order valence-corrected chi connectivity index (χ3v) is 5.89. The maximum atomic E-state index is 14.0. The highest BCUT2D eigenvalue weighted by molar-refractivity contribution is 6.30. The van der Waals surface area contributed by atoms with Crippen LogP contribution in [0.1, 0.15) is 50.4 Å². The quantitative estimate of drug-likeness (QED) is 0.729. The number of hydrogen-bond donors (Lipinski definition) is 1. The fourth-order valence-corrected chi connectivity index (χ4v) is 4.05. The second-order valence-electron chi connectivity index (χ2n) is 8.33. The van der Waals surface area contributed by atoms with Gasteiger partial charge in [0.15, 0.2) is 0 Å². The predicted molar refractivity (Wildman–Crippen MR) is 96.3 cm³/mol. The fraction of sp³-hybridized carbons (Fsp3) is 0.579. The van der Waals surface area contributed by atoms with E-state index in [1.807, 2.05) is 20.8 Å². The molecule has 3 atom stereocenters. The van der Waals surface area contributed by atoms with Gasteiger partial charge >= 0.3 is 6.18 Å². The van der Waals surface area contributed by atoms with Gasteiger partial charge in [-0.05, 0) is 54.9 Å². The van der Waals surface area contributed by atoms with E-state index < -0.39 is 23.7 Å². The first-order chi connectivity index (χ1) is 12.4. The summed E-state index contributed by atoms with van der Waals surface area (Å²) in [5, 5.41) is 15.3. The van der Waals surface area contributed by atoms with Crippen molar-refractivity contribution in [2.24, 2.45) is 22.4 Å². The second kappa shape index (κ2) is 6.48. The molecular weight excluding hydrogens is 381 g/mol. The van der Waals surface area contributed by atoms with Crippen LogP contribution in [0.15, 0.2) is 29.4 Å². The van der Waals surface area contributed by atoms with Crippen LogP contribution in [0.5, 0.6) is 0 Å². The summed E-state index contributed by atoms with van der Waals surface area (Å²) in [4.78, 5) is 12.8. The van der Waals surface area contributed by atoms with Crippen molar-refractivity contribution >= 4 is 23.2 Å². The number of hydrazone groups is 1. The number of nitrogens with zero attached hydrogens (tertiary/aromatic N) is 2. The average Bonchev–Trinajstić information content (AvgIpc) is 2.88. The van der Waals surface area contributed by atoms with Gasteiger partial charge in [-0.25, -0.2) is 0 Å². The van der Waals surface area contributed by atoms with Crippen molar-refractivity contribution in [2.45, 2.75) is 51.9 Å². The summed E-state index contributed by atoms with van der Waals surface area (Å²) >= 11 is 5.78. The Kier molecular flexibility index (Phi) is 4.84. The van der Waals surface area contributed by atoms with Crippen LogP contribution in [0, 0.1) is 17.3 Å². The van der Waals surface area contributed by atoms with Crippen LogP contribution in [-0.2, 0) is 0 Å². The summed E-state index contributed by atoms with van der Waals surface area (Å²) in [5.74, 6) is -2.27. The zero-order chi connectivity index (χ0) is 20.2. The maximum absolute atomic E-state index is 14.0. The minimum Gasteiger partial charge on any atom is -0.362 e. The lowest BCUT2D eigenvalue weighted by Crippen LogP contribution is -2.62. The summed E-state index contributed by atoms with van der Waals surface area (Å²) in [5.41, 5.74) is -3.33. The molecule has 2 aliphatic rings. The van der Waals surface area contributed by atoms with Crippen molar-refractivity contribution in [2.75, 3.05) is 0 Å². The second-order valence-corrected chi connectivity index (χ2v) is 8.77. The van der Waals surface area contributed by atoms with E-state index in [1.165, 1.54) is 24.3 Å². The van der Waals surface area contributed by atoms with Crippen LogP contribution < -0.4 is 0 Å². The van der Waals surface area contributed by atoms with E-state index in [-0.39, 0.29) is 34.0 Å². The average molecular weight is 403 g/mol. The van der Waals surface area contributed by atoms with E-state index in [0.29, 0.717) is 17.9 Å². The minimum atomic E-state index is -5.04. The molecule has 3 rings (SSSR count). The molecule has 4 nitrogen and oxygen atoms in total. The maximum Gasteiger partial charge on any atom is 0.439 e. The topological polar surface area (TPSA) is 52.9 Å². The lowest BCUT2D eigenvalue weighted by Gasteiger charge is -2.42. The first kappa shape index (κ1) is 20.1. The Labute approximate surface area is 161 Å². The normalized spacial score (nSPS) is 28.7. The van der Waals surface area contributed by atoms with Crippen molar-refractivity contribution in [1.82, 2.24) is 5.01 Å². The molecule has 0 bridgehead atoms. The number of carbonyl (C=O) groups is 1. The molecule has 1 aliphatic heterocycles. The van der Waals surface area contributed by atoms with E-state index in [0.717, 1.165) is 0 Å². The zero-order valence-electron chi connectivity index (χ0n) is 15.3. The highest BCUT2D eigenvalue weighted by atomic mass is 35.5. The van der Waals surface area contributed by atoms with Crippen LogP contribution in [0.3, 0.4) is 0 Å². The third-order valence-electron chi connectivity index (χ3n) is 5.63. The molecule has 1 aromatic carbocycles. The van der Waals surface area contributed by atoms with E-state index in [9.17, 15) is 23.1 Å². The van der Waals surface area contributed by atoms with Gasteiger partial charge in [-0.3, -0.25) is 4.79 Å². The van der Waals surface area contributed by atoms with Crippen LogP contribution >= 0.6 is 11.6 Å². The fourth-order valence-electron chi connectivity index (χ4n) is 3.92. The molecule has 0 radical (unpaired) electrons. The smallest absolute Gasteiger partial charge is 0.362 e. The first-order valence-electron chi connectivity index (χ1n) is 8.82. The summed E-state index contributed by atoms with van der Waals surface area (Å²) in [6.07, 6.45) is -3.90. The van der Waals surface area contributed by atoms with Gasteiger partial charge in [-0.2, -0.15) is 23.3 Å². The Morgan fingerprint density at radius 1 is 1.26 bits per heavy atom. The molecule has 0 unspecified atom stereocenters. The Balaban J connectivity index is 2.01. The minimum absolute atomic E-state index is 0.0130. The van der Waals surface area contributed by atoms with E-state index in [2.05, 4.69) is 5.10 Å². The molecule has 1 amide bonds. The number of amides is 1. The van der Waals surface area contributed by atoms with Crippen molar-refractivity contribution in [3.05, 3.63) is 34.9 Å². The molecule has 1 N–H and O–H groups in total. The highest BCUT2D eigenvalue weighted by Gasteiger charge is 2.69. The van der Waals surface area contributed by atoms with Gasteiger partial charge in [0.2, 0.25) is 0 Å². The molecule has 1 heterocycles. The van der Waals surface area contributed by atoms with Crippen LogP contribution in [0.25, 0.3) is 0 Å². The summed E-state index contributed by atoms with van der Waals surface area (Å²) in [6, 6.07) is 5.46. The van der Waals surface area contributed by atoms with Crippen molar-refractivity contribution in [1.29, 1.82) is 0 Å².